The van der Waals surface area contributed by atoms with Gasteiger partial charge in [-0.1, -0.05) is 13.0 Å². The molecule has 20 heavy (non-hydrogen) atoms. The van der Waals surface area contributed by atoms with Crippen LogP contribution >= 0.6 is 0 Å². The molecule has 2 N–H and O–H groups in total. The lowest BCUT2D eigenvalue weighted by molar-refractivity contribution is 0.228. The minimum absolute atomic E-state index is 0.0846. The van der Waals surface area contributed by atoms with E-state index in [-0.39, 0.29) is 18.2 Å². The normalized spacial score (nSPS) is 14.1. The average Bonchev–Trinajstić information content (AvgIpc) is 2.44. The van der Waals surface area contributed by atoms with Crippen LogP contribution in [0, 0.1) is 17.5 Å². The lowest BCUT2D eigenvalue weighted by Gasteiger charge is -2.24. The molecule has 5 heteroatoms. The van der Waals surface area contributed by atoms with Crippen LogP contribution in [0.15, 0.2) is 24.8 Å². The molecule has 0 radical (unpaired) electrons. The number of aliphatic hydroxyl groups excluding tert-OH is 1. The Bertz CT molecular complexity index is 428. The Labute approximate surface area is 117 Å². The van der Waals surface area contributed by atoms with E-state index in [9.17, 15) is 18.3 Å². The lowest BCUT2D eigenvalue weighted by atomic mass is 10.0. The molecule has 0 aromatic heterocycles. The summed E-state index contributed by atoms with van der Waals surface area (Å²) in [5.74, 6) is -4.00. The molecule has 1 rings (SSSR count). The van der Waals surface area contributed by atoms with Crippen molar-refractivity contribution >= 4 is 0 Å². The zero-order valence-corrected chi connectivity index (χ0v) is 11.5. The topological polar surface area (TPSA) is 32.3 Å². The van der Waals surface area contributed by atoms with Crippen LogP contribution in [0.4, 0.5) is 13.2 Å². The van der Waals surface area contributed by atoms with Crippen molar-refractivity contribution in [1.29, 1.82) is 0 Å². The molecular weight excluding hydrogens is 267 g/mol. The molecule has 2 atom stereocenters. The molecule has 2 unspecified atom stereocenters. The lowest BCUT2D eigenvalue weighted by Crippen LogP contribution is -2.34. The van der Waals surface area contributed by atoms with Gasteiger partial charge in [-0.15, -0.1) is 6.58 Å². The first-order chi connectivity index (χ1) is 9.53. The molecule has 0 aliphatic heterocycles. The van der Waals surface area contributed by atoms with Crippen molar-refractivity contribution in [3.8, 4) is 0 Å². The fourth-order valence-electron chi connectivity index (χ4n) is 2.04. The van der Waals surface area contributed by atoms with E-state index < -0.39 is 23.5 Å². The minimum atomic E-state index is -1.50. The van der Waals surface area contributed by atoms with E-state index in [0.717, 1.165) is 31.4 Å². The minimum Gasteiger partial charge on any atom is -0.394 e. The molecule has 0 bridgehead atoms. The summed E-state index contributed by atoms with van der Waals surface area (Å²) < 4.78 is 39.4. The predicted octanol–water partition coefficient (Wildman–Crippen LogP) is 3.47. The smallest absolute Gasteiger partial charge is 0.194 e. The summed E-state index contributed by atoms with van der Waals surface area (Å²) in [5.41, 5.74) is 0.195. The van der Waals surface area contributed by atoms with Gasteiger partial charge in [0.15, 0.2) is 17.5 Å². The highest BCUT2D eigenvalue weighted by molar-refractivity contribution is 5.23. The number of allylic oxidation sites excluding steroid dienone is 1. The van der Waals surface area contributed by atoms with Crippen LogP contribution in [0.25, 0.3) is 0 Å². The number of hydrogen-bond donors (Lipinski definition) is 2. The Kier molecular flexibility index (Phi) is 6.75. The monoisotopic (exact) mass is 287 g/mol. The third-order valence-corrected chi connectivity index (χ3v) is 3.24. The molecule has 1 aromatic carbocycles. The molecule has 112 valence electrons. The SMILES string of the molecule is C=CCCC(CC)NC(CO)c1cc(F)c(F)c(F)c1. The zero-order chi connectivity index (χ0) is 15.1. The fourth-order valence-corrected chi connectivity index (χ4v) is 2.04. The van der Waals surface area contributed by atoms with Crippen molar-refractivity contribution in [3.63, 3.8) is 0 Å². The van der Waals surface area contributed by atoms with Gasteiger partial charge in [-0.3, -0.25) is 0 Å². The molecule has 0 saturated carbocycles. The van der Waals surface area contributed by atoms with Gasteiger partial charge in [-0.25, -0.2) is 13.2 Å². The van der Waals surface area contributed by atoms with Gasteiger partial charge in [0, 0.05) is 6.04 Å². The van der Waals surface area contributed by atoms with Crippen LogP contribution in [-0.4, -0.2) is 17.8 Å². The van der Waals surface area contributed by atoms with E-state index in [1.807, 2.05) is 6.92 Å². The van der Waals surface area contributed by atoms with E-state index in [2.05, 4.69) is 11.9 Å². The van der Waals surface area contributed by atoms with Crippen LogP contribution in [0.2, 0.25) is 0 Å². The third-order valence-electron chi connectivity index (χ3n) is 3.24. The number of rotatable bonds is 8. The van der Waals surface area contributed by atoms with Crippen LogP contribution < -0.4 is 5.32 Å². The average molecular weight is 287 g/mol. The maximum Gasteiger partial charge on any atom is 0.194 e. The summed E-state index contributed by atoms with van der Waals surface area (Å²) >= 11 is 0. The number of benzene rings is 1. The molecule has 0 fully saturated rings. The molecular formula is C15H20F3NO. The van der Waals surface area contributed by atoms with Gasteiger partial charge < -0.3 is 10.4 Å². The molecule has 0 aliphatic rings. The highest BCUT2D eigenvalue weighted by atomic mass is 19.2. The quantitative estimate of drug-likeness (QED) is 0.567. The first kappa shape index (κ1) is 16.7. The van der Waals surface area contributed by atoms with E-state index >= 15 is 0 Å². The van der Waals surface area contributed by atoms with Gasteiger partial charge in [0.1, 0.15) is 0 Å². The van der Waals surface area contributed by atoms with Gasteiger partial charge >= 0.3 is 0 Å². The third kappa shape index (κ3) is 4.35. The highest BCUT2D eigenvalue weighted by Crippen LogP contribution is 2.20. The van der Waals surface area contributed by atoms with Crippen molar-refractivity contribution in [2.75, 3.05) is 6.61 Å². The predicted molar refractivity (Wildman–Crippen MR) is 72.8 cm³/mol. The number of halogens is 3. The van der Waals surface area contributed by atoms with Gasteiger partial charge in [0.25, 0.3) is 0 Å². The Morgan fingerprint density at radius 2 is 1.90 bits per heavy atom. The first-order valence-corrected chi connectivity index (χ1v) is 6.65. The van der Waals surface area contributed by atoms with Crippen LogP contribution in [-0.2, 0) is 0 Å². The summed E-state index contributed by atoms with van der Waals surface area (Å²) in [6, 6.07) is 1.27. The van der Waals surface area contributed by atoms with Crippen LogP contribution in [0.1, 0.15) is 37.8 Å². The first-order valence-electron chi connectivity index (χ1n) is 6.65. The Morgan fingerprint density at radius 1 is 1.30 bits per heavy atom. The fraction of sp³-hybridized carbons (Fsp3) is 0.467. The second kappa shape index (κ2) is 8.07. The van der Waals surface area contributed by atoms with Crippen LogP contribution in [0.3, 0.4) is 0 Å². The molecule has 1 aromatic rings. The summed E-state index contributed by atoms with van der Waals surface area (Å²) in [6.07, 6.45) is 4.20. The highest BCUT2D eigenvalue weighted by Gasteiger charge is 2.19. The van der Waals surface area contributed by atoms with Crippen molar-refractivity contribution in [2.24, 2.45) is 0 Å². The molecule has 0 heterocycles. The number of nitrogens with one attached hydrogen (secondary N) is 1. The molecule has 0 saturated heterocycles. The van der Waals surface area contributed by atoms with Crippen molar-refractivity contribution in [3.05, 3.63) is 47.8 Å². The number of aliphatic hydroxyl groups is 1. The van der Waals surface area contributed by atoms with E-state index in [1.165, 1.54) is 0 Å². The summed E-state index contributed by atoms with van der Waals surface area (Å²) in [5, 5.41) is 12.5. The van der Waals surface area contributed by atoms with Gasteiger partial charge in [0.05, 0.1) is 12.6 Å². The summed E-state index contributed by atoms with van der Waals surface area (Å²) in [6.45, 7) is 5.29. The second-order valence-electron chi connectivity index (χ2n) is 4.67. The second-order valence-corrected chi connectivity index (χ2v) is 4.67. The number of hydrogen-bond acceptors (Lipinski definition) is 2. The van der Waals surface area contributed by atoms with Gasteiger partial charge in [0.2, 0.25) is 0 Å². The standard InChI is InChI=1S/C15H20F3NO/c1-3-5-6-11(4-2)19-14(9-20)10-7-12(16)15(18)13(17)8-10/h3,7-8,11,14,19-20H,1,4-6,9H2,2H3. The summed E-state index contributed by atoms with van der Waals surface area (Å²) in [4.78, 5) is 0. The van der Waals surface area contributed by atoms with Crippen LogP contribution in [0.5, 0.6) is 0 Å². The van der Waals surface area contributed by atoms with Gasteiger partial charge in [-0.05, 0) is 37.0 Å². The zero-order valence-electron chi connectivity index (χ0n) is 11.5. The molecule has 2 nitrogen and oxygen atoms in total. The van der Waals surface area contributed by atoms with Crippen molar-refractivity contribution < 1.29 is 18.3 Å². The van der Waals surface area contributed by atoms with E-state index in [1.54, 1.807) is 6.08 Å². The van der Waals surface area contributed by atoms with E-state index in [4.69, 9.17) is 0 Å². The Morgan fingerprint density at radius 3 is 2.35 bits per heavy atom. The maximum absolute atomic E-state index is 13.2. The van der Waals surface area contributed by atoms with Crippen molar-refractivity contribution in [1.82, 2.24) is 5.32 Å². The van der Waals surface area contributed by atoms with E-state index in [0.29, 0.717) is 0 Å². The molecule has 0 spiro atoms. The maximum atomic E-state index is 13.2. The Balaban J connectivity index is 2.87. The molecule has 0 amide bonds. The molecule has 0 aliphatic carbocycles. The summed E-state index contributed by atoms with van der Waals surface area (Å²) in [7, 11) is 0. The largest absolute Gasteiger partial charge is 0.394 e. The van der Waals surface area contributed by atoms with Gasteiger partial charge in [-0.2, -0.15) is 0 Å². The Hall–Kier alpha value is -1.33. The van der Waals surface area contributed by atoms with Crippen molar-refractivity contribution in [2.45, 2.75) is 38.3 Å².